The predicted octanol–water partition coefficient (Wildman–Crippen LogP) is 3.84. The molecule has 0 unspecified atom stereocenters. The van der Waals surface area contributed by atoms with Gasteiger partial charge in [-0.3, -0.25) is 9.59 Å². The van der Waals surface area contributed by atoms with Gasteiger partial charge in [0.15, 0.2) is 0 Å². The summed E-state index contributed by atoms with van der Waals surface area (Å²) in [7, 11) is 3.89. The topological polar surface area (TPSA) is 65.5 Å². The minimum Gasteiger partial charge on any atom is -0.378 e. The fourth-order valence-electron chi connectivity index (χ4n) is 3.93. The van der Waals surface area contributed by atoms with E-state index < -0.39 is 6.04 Å². The summed E-state index contributed by atoms with van der Waals surface area (Å²) in [5, 5.41) is 6.04. The van der Waals surface area contributed by atoms with Crippen molar-refractivity contribution in [2.75, 3.05) is 32.1 Å². The third-order valence-electron chi connectivity index (χ3n) is 5.68. The standard InChI is InChI=1S/C25H28N4O2S/c1-28(2)21-11-6-10-19(16-21)25(31)29-15-7-12-22(29)23(30)26-14-13-20-17-32-24(27-20)18-8-4-3-5-9-18/h3-6,8-11,16-17,22H,7,12-15H2,1-2H3,(H,26,30)/t22-/m1/s1. The highest BCUT2D eigenvalue weighted by Crippen LogP contribution is 2.24. The van der Waals surface area contributed by atoms with E-state index in [1.807, 2.05) is 79.0 Å². The lowest BCUT2D eigenvalue weighted by Crippen LogP contribution is -2.46. The number of hydrogen-bond acceptors (Lipinski definition) is 5. The van der Waals surface area contributed by atoms with Gasteiger partial charge in [-0.25, -0.2) is 4.98 Å². The minimum atomic E-state index is -0.416. The number of nitrogens with zero attached hydrogens (tertiary/aromatic N) is 3. The fraction of sp³-hybridized carbons (Fsp3) is 0.320. The number of carbonyl (C=O) groups is 2. The van der Waals surface area contributed by atoms with Gasteiger partial charge in [0.05, 0.1) is 5.69 Å². The summed E-state index contributed by atoms with van der Waals surface area (Å²) in [4.78, 5) is 34.3. The number of hydrogen-bond donors (Lipinski definition) is 1. The van der Waals surface area contributed by atoms with Crippen molar-refractivity contribution in [1.82, 2.24) is 15.2 Å². The fourth-order valence-corrected chi connectivity index (χ4v) is 4.79. The Balaban J connectivity index is 1.33. The first-order valence-corrected chi connectivity index (χ1v) is 11.8. The first-order valence-electron chi connectivity index (χ1n) is 10.9. The zero-order valence-electron chi connectivity index (χ0n) is 18.5. The number of anilines is 1. The molecule has 2 heterocycles. The molecule has 1 saturated heterocycles. The molecule has 166 valence electrons. The Kier molecular flexibility index (Phi) is 6.85. The van der Waals surface area contributed by atoms with Gasteiger partial charge in [-0.15, -0.1) is 11.3 Å². The molecule has 1 aliphatic heterocycles. The van der Waals surface area contributed by atoms with Gasteiger partial charge in [-0.2, -0.15) is 0 Å². The van der Waals surface area contributed by atoms with Gasteiger partial charge in [0.25, 0.3) is 5.91 Å². The summed E-state index contributed by atoms with van der Waals surface area (Å²) < 4.78 is 0. The van der Waals surface area contributed by atoms with Crippen molar-refractivity contribution in [2.45, 2.75) is 25.3 Å². The second-order valence-electron chi connectivity index (χ2n) is 8.15. The van der Waals surface area contributed by atoms with Crippen molar-refractivity contribution in [3.05, 3.63) is 71.2 Å². The van der Waals surface area contributed by atoms with Crippen LogP contribution < -0.4 is 10.2 Å². The monoisotopic (exact) mass is 448 g/mol. The van der Waals surface area contributed by atoms with Gasteiger partial charge in [0, 0.05) is 55.8 Å². The zero-order chi connectivity index (χ0) is 22.5. The number of nitrogens with one attached hydrogen (secondary N) is 1. The maximum Gasteiger partial charge on any atom is 0.254 e. The Morgan fingerprint density at radius 1 is 1.16 bits per heavy atom. The number of amides is 2. The molecule has 2 aromatic carbocycles. The van der Waals surface area contributed by atoms with Gasteiger partial charge >= 0.3 is 0 Å². The summed E-state index contributed by atoms with van der Waals surface area (Å²) in [5.74, 6) is -0.170. The zero-order valence-corrected chi connectivity index (χ0v) is 19.3. The van der Waals surface area contributed by atoms with Gasteiger partial charge in [0.1, 0.15) is 11.0 Å². The van der Waals surface area contributed by atoms with Crippen molar-refractivity contribution in [2.24, 2.45) is 0 Å². The van der Waals surface area contributed by atoms with Gasteiger partial charge < -0.3 is 15.1 Å². The van der Waals surface area contributed by atoms with Gasteiger partial charge in [0.2, 0.25) is 5.91 Å². The number of likely N-dealkylation sites (tertiary alicyclic amines) is 1. The molecular weight excluding hydrogens is 420 g/mol. The third-order valence-corrected chi connectivity index (χ3v) is 6.62. The second kappa shape index (κ2) is 9.96. The van der Waals surface area contributed by atoms with Crippen LogP contribution in [0.4, 0.5) is 5.69 Å². The second-order valence-corrected chi connectivity index (χ2v) is 9.01. The van der Waals surface area contributed by atoms with Crippen molar-refractivity contribution in [1.29, 1.82) is 0 Å². The lowest BCUT2D eigenvalue weighted by molar-refractivity contribution is -0.124. The van der Waals surface area contributed by atoms with E-state index in [1.165, 1.54) is 0 Å². The Hall–Kier alpha value is -3.19. The molecule has 0 spiro atoms. The van der Waals surface area contributed by atoms with Crippen molar-refractivity contribution < 1.29 is 9.59 Å². The summed E-state index contributed by atoms with van der Waals surface area (Å²) >= 11 is 1.61. The number of thiazole rings is 1. The molecule has 7 heteroatoms. The molecule has 4 rings (SSSR count). The Morgan fingerprint density at radius 3 is 2.75 bits per heavy atom. The molecule has 32 heavy (non-hydrogen) atoms. The number of aromatic nitrogens is 1. The van der Waals surface area contributed by atoms with Crippen molar-refractivity contribution in [3.8, 4) is 10.6 Å². The average Bonchev–Trinajstić information content (AvgIpc) is 3.49. The Morgan fingerprint density at radius 2 is 1.97 bits per heavy atom. The third kappa shape index (κ3) is 4.99. The van der Waals surface area contributed by atoms with Crippen LogP contribution in [-0.4, -0.2) is 54.9 Å². The van der Waals surface area contributed by atoms with E-state index in [1.54, 1.807) is 16.2 Å². The molecule has 0 bridgehead atoms. The maximum absolute atomic E-state index is 13.1. The molecule has 1 N–H and O–H groups in total. The summed E-state index contributed by atoms with van der Waals surface area (Å²) in [5.41, 5.74) is 3.65. The highest BCUT2D eigenvalue weighted by atomic mass is 32.1. The maximum atomic E-state index is 13.1. The van der Waals surface area contributed by atoms with E-state index in [0.29, 0.717) is 31.5 Å². The summed E-state index contributed by atoms with van der Waals surface area (Å²) in [6.45, 7) is 1.11. The van der Waals surface area contributed by atoms with Crippen LogP contribution in [-0.2, 0) is 11.2 Å². The van der Waals surface area contributed by atoms with Crippen LogP contribution in [0.5, 0.6) is 0 Å². The van der Waals surface area contributed by atoms with Crippen LogP contribution in [0.2, 0.25) is 0 Å². The molecule has 2 amide bonds. The summed E-state index contributed by atoms with van der Waals surface area (Å²) in [6, 6.07) is 17.2. The Bertz CT molecular complexity index is 1080. The predicted molar refractivity (Wildman–Crippen MR) is 129 cm³/mol. The van der Waals surface area contributed by atoms with E-state index in [9.17, 15) is 9.59 Å². The largest absolute Gasteiger partial charge is 0.378 e. The summed E-state index contributed by atoms with van der Waals surface area (Å²) in [6.07, 6.45) is 2.20. The van der Waals surface area contributed by atoms with Crippen molar-refractivity contribution >= 4 is 28.8 Å². The lowest BCUT2D eigenvalue weighted by atomic mass is 10.1. The van der Waals surface area contributed by atoms with E-state index in [2.05, 4.69) is 10.3 Å². The van der Waals surface area contributed by atoms with Gasteiger partial charge in [-0.05, 0) is 31.0 Å². The minimum absolute atomic E-state index is 0.0849. The quantitative estimate of drug-likeness (QED) is 0.596. The molecule has 1 aliphatic rings. The van der Waals surface area contributed by atoms with Crippen LogP contribution in [0.3, 0.4) is 0 Å². The van der Waals surface area contributed by atoms with Crippen LogP contribution in [0.1, 0.15) is 28.9 Å². The number of rotatable bonds is 7. The van der Waals surface area contributed by atoms with Crippen LogP contribution in [0.15, 0.2) is 60.0 Å². The molecule has 1 atom stereocenters. The molecule has 6 nitrogen and oxygen atoms in total. The molecule has 0 aliphatic carbocycles. The molecule has 1 aromatic heterocycles. The molecule has 3 aromatic rings. The smallest absolute Gasteiger partial charge is 0.254 e. The van der Waals surface area contributed by atoms with Crippen molar-refractivity contribution in [3.63, 3.8) is 0 Å². The van der Waals surface area contributed by atoms with Crippen LogP contribution in [0.25, 0.3) is 10.6 Å². The number of carbonyl (C=O) groups excluding carboxylic acids is 2. The molecule has 0 radical (unpaired) electrons. The van der Waals surface area contributed by atoms with E-state index >= 15 is 0 Å². The van der Waals surface area contributed by atoms with Gasteiger partial charge in [-0.1, -0.05) is 36.4 Å². The molecule has 1 fully saturated rings. The average molecular weight is 449 g/mol. The number of benzene rings is 2. The Labute approximate surface area is 192 Å². The van der Waals surface area contributed by atoms with E-state index in [4.69, 9.17) is 0 Å². The first kappa shape index (κ1) is 22.0. The van der Waals surface area contributed by atoms with E-state index in [0.717, 1.165) is 28.4 Å². The lowest BCUT2D eigenvalue weighted by Gasteiger charge is -2.24. The molecule has 0 saturated carbocycles. The normalized spacial score (nSPS) is 15.6. The van der Waals surface area contributed by atoms with Crippen LogP contribution in [0, 0.1) is 0 Å². The SMILES string of the molecule is CN(C)c1cccc(C(=O)N2CCC[C@@H]2C(=O)NCCc2csc(-c3ccccc3)n2)c1. The van der Waals surface area contributed by atoms with E-state index in [-0.39, 0.29) is 11.8 Å². The first-order chi connectivity index (χ1) is 15.5. The van der Waals surface area contributed by atoms with Crippen LogP contribution >= 0.6 is 11.3 Å². The highest BCUT2D eigenvalue weighted by Gasteiger charge is 2.34. The highest BCUT2D eigenvalue weighted by molar-refractivity contribution is 7.13. The molecular formula is C25H28N4O2S.